The first kappa shape index (κ1) is 54.4. The molecule has 0 amide bonds. The van der Waals surface area contributed by atoms with Crippen LogP contribution in [0.4, 0.5) is 0 Å². The summed E-state index contributed by atoms with van der Waals surface area (Å²) in [5.41, 5.74) is 0. The van der Waals surface area contributed by atoms with Crippen molar-refractivity contribution in [3.8, 4) is 0 Å². The summed E-state index contributed by atoms with van der Waals surface area (Å²) in [6, 6.07) is 0. The number of hydrogen-bond donors (Lipinski definition) is 0. The largest absolute Gasteiger partial charge is 0.462 e. The van der Waals surface area contributed by atoms with Gasteiger partial charge in [0.2, 0.25) is 0 Å². The fourth-order valence-electron chi connectivity index (χ4n) is 7.48. The molecule has 6 heteroatoms. The molecule has 0 N–H and O–H groups in total. The summed E-state index contributed by atoms with van der Waals surface area (Å²) in [4.78, 5) is 37.8. The van der Waals surface area contributed by atoms with Crippen LogP contribution < -0.4 is 0 Å². The van der Waals surface area contributed by atoms with Crippen molar-refractivity contribution in [2.45, 2.75) is 284 Å². The van der Waals surface area contributed by atoms with E-state index in [1.165, 1.54) is 173 Å². The zero-order valence-electron chi connectivity index (χ0n) is 38.1. The molecule has 0 aliphatic rings. The molecule has 0 saturated carbocycles. The standard InChI is InChI=1S/C50H96O6/c1-5-8-10-12-14-16-18-19-20-21-26-30-34-38-42-49(52)55-45-47(44-54-48(51)41-37-33-29-25-17-15-13-11-9-6-2)56-50(53)43-39-35-31-27-23-22-24-28-32-36-40-46(4)7-3/h46-47H,5-45H2,1-4H3/t46?,47-/m1/s1. The summed E-state index contributed by atoms with van der Waals surface area (Å²) < 4.78 is 16.8. The molecule has 332 valence electrons. The summed E-state index contributed by atoms with van der Waals surface area (Å²) in [5.74, 6) is 0.0187. The van der Waals surface area contributed by atoms with Gasteiger partial charge in [-0.25, -0.2) is 0 Å². The Morgan fingerprint density at radius 3 is 0.929 bits per heavy atom. The van der Waals surface area contributed by atoms with Crippen molar-refractivity contribution in [3.63, 3.8) is 0 Å². The van der Waals surface area contributed by atoms with Gasteiger partial charge in [0, 0.05) is 19.3 Å². The van der Waals surface area contributed by atoms with Crippen LogP contribution in [0.15, 0.2) is 0 Å². The average molecular weight is 793 g/mol. The monoisotopic (exact) mass is 793 g/mol. The van der Waals surface area contributed by atoms with E-state index in [0.29, 0.717) is 19.3 Å². The van der Waals surface area contributed by atoms with Crippen LogP contribution in [0, 0.1) is 5.92 Å². The summed E-state index contributed by atoms with van der Waals surface area (Å²) >= 11 is 0. The van der Waals surface area contributed by atoms with Gasteiger partial charge in [0.25, 0.3) is 0 Å². The first-order valence-electron chi connectivity index (χ1n) is 24.9. The normalized spacial score (nSPS) is 12.4. The molecule has 0 bridgehead atoms. The number of esters is 3. The summed E-state index contributed by atoms with van der Waals surface area (Å²) in [6.45, 7) is 9.03. The van der Waals surface area contributed by atoms with Crippen molar-refractivity contribution >= 4 is 17.9 Å². The van der Waals surface area contributed by atoms with Crippen molar-refractivity contribution in [2.75, 3.05) is 13.2 Å². The second-order valence-corrected chi connectivity index (χ2v) is 17.3. The van der Waals surface area contributed by atoms with Crippen LogP contribution in [0.25, 0.3) is 0 Å². The van der Waals surface area contributed by atoms with E-state index >= 15 is 0 Å². The van der Waals surface area contributed by atoms with Crippen molar-refractivity contribution in [1.29, 1.82) is 0 Å². The number of unbranched alkanes of at least 4 members (excludes halogenated alkanes) is 31. The van der Waals surface area contributed by atoms with Gasteiger partial charge in [0.1, 0.15) is 13.2 Å². The molecular formula is C50H96O6. The van der Waals surface area contributed by atoms with E-state index in [4.69, 9.17) is 14.2 Å². The number of carbonyl (C=O) groups is 3. The van der Waals surface area contributed by atoms with Gasteiger partial charge >= 0.3 is 17.9 Å². The molecule has 56 heavy (non-hydrogen) atoms. The molecular weight excluding hydrogens is 697 g/mol. The molecule has 0 aliphatic heterocycles. The first-order valence-corrected chi connectivity index (χ1v) is 24.9. The van der Waals surface area contributed by atoms with Gasteiger partial charge in [-0.05, 0) is 25.2 Å². The van der Waals surface area contributed by atoms with E-state index in [1.807, 2.05) is 0 Å². The van der Waals surface area contributed by atoms with Crippen LogP contribution in [-0.2, 0) is 28.6 Å². The van der Waals surface area contributed by atoms with Crippen LogP contribution in [-0.4, -0.2) is 37.2 Å². The fourth-order valence-corrected chi connectivity index (χ4v) is 7.48. The van der Waals surface area contributed by atoms with E-state index in [0.717, 1.165) is 63.7 Å². The van der Waals surface area contributed by atoms with E-state index in [2.05, 4.69) is 27.7 Å². The Hall–Kier alpha value is -1.59. The van der Waals surface area contributed by atoms with Crippen molar-refractivity contribution in [1.82, 2.24) is 0 Å². The molecule has 0 heterocycles. The van der Waals surface area contributed by atoms with Crippen LogP contribution in [0.3, 0.4) is 0 Å². The Kier molecular flexibility index (Phi) is 43.2. The highest BCUT2D eigenvalue weighted by molar-refractivity contribution is 5.71. The highest BCUT2D eigenvalue weighted by atomic mass is 16.6. The maximum absolute atomic E-state index is 12.8. The summed E-state index contributed by atoms with van der Waals surface area (Å²) in [7, 11) is 0. The maximum atomic E-state index is 12.8. The number of carbonyl (C=O) groups excluding carboxylic acids is 3. The quantitative estimate of drug-likeness (QED) is 0.0347. The minimum Gasteiger partial charge on any atom is -0.462 e. The third kappa shape index (κ3) is 42.0. The second-order valence-electron chi connectivity index (χ2n) is 17.3. The lowest BCUT2D eigenvalue weighted by atomic mass is 9.99. The summed E-state index contributed by atoms with van der Waals surface area (Å²) in [6.07, 6.45) is 45.0. The zero-order valence-corrected chi connectivity index (χ0v) is 38.1. The summed E-state index contributed by atoms with van der Waals surface area (Å²) in [5, 5.41) is 0. The molecule has 0 aromatic carbocycles. The van der Waals surface area contributed by atoms with Gasteiger partial charge in [-0.1, -0.05) is 240 Å². The van der Waals surface area contributed by atoms with Gasteiger partial charge in [-0.2, -0.15) is 0 Å². The molecule has 1 unspecified atom stereocenters. The van der Waals surface area contributed by atoms with Crippen LogP contribution >= 0.6 is 0 Å². The smallest absolute Gasteiger partial charge is 0.306 e. The Bertz CT molecular complexity index is 843. The number of rotatable bonds is 45. The molecule has 0 saturated heterocycles. The zero-order chi connectivity index (χ0) is 41.0. The Balaban J connectivity index is 4.31. The number of ether oxygens (including phenoxy) is 3. The molecule has 0 spiro atoms. The molecule has 6 nitrogen and oxygen atoms in total. The minimum atomic E-state index is -0.760. The third-order valence-corrected chi connectivity index (χ3v) is 11.7. The van der Waals surface area contributed by atoms with Gasteiger partial charge in [0.15, 0.2) is 6.10 Å². The Morgan fingerprint density at radius 1 is 0.357 bits per heavy atom. The molecule has 0 aromatic rings. The topological polar surface area (TPSA) is 78.9 Å². The lowest BCUT2D eigenvalue weighted by Crippen LogP contribution is -2.30. The average Bonchev–Trinajstić information content (AvgIpc) is 3.19. The Labute approximate surface area is 348 Å². The van der Waals surface area contributed by atoms with E-state index in [-0.39, 0.29) is 31.1 Å². The highest BCUT2D eigenvalue weighted by Gasteiger charge is 2.19. The van der Waals surface area contributed by atoms with E-state index in [1.54, 1.807) is 0 Å². The third-order valence-electron chi connectivity index (χ3n) is 11.7. The maximum Gasteiger partial charge on any atom is 0.306 e. The number of hydrogen-bond acceptors (Lipinski definition) is 6. The van der Waals surface area contributed by atoms with Gasteiger partial charge in [-0.15, -0.1) is 0 Å². The molecule has 2 atom stereocenters. The molecule has 0 aliphatic carbocycles. The Morgan fingerprint density at radius 2 is 0.625 bits per heavy atom. The van der Waals surface area contributed by atoms with Crippen LogP contribution in [0.5, 0.6) is 0 Å². The van der Waals surface area contributed by atoms with Crippen LogP contribution in [0.1, 0.15) is 278 Å². The van der Waals surface area contributed by atoms with Gasteiger partial charge in [0.05, 0.1) is 0 Å². The SMILES string of the molecule is CCCCCCCCCCCCCCCCC(=O)OC[C@@H](COC(=O)CCCCCCCCCCCC)OC(=O)CCCCCCCCCCCCC(C)CC. The highest BCUT2D eigenvalue weighted by Crippen LogP contribution is 2.17. The lowest BCUT2D eigenvalue weighted by molar-refractivity contribution is -0.167. The second kappa shape index (κ2) is 44.5. The predicted octanol–water partition coefficient (Wildman–Crippen LogP) is 15.9. The minimum absolute atomic E-state index is 0.0632. The van der Waals surface area contributed by atoms with Crippen molar-refractivity contribution in [2.24, 2.45) is 5.92 Å². The predicted molar refractivity (Wildman–Crippen MR) is 238 cm³/mol. The lowest BCUT2D eigenvalue weighted by Gasteiger charge is -2.18. The fraction of sp³-hybridized carbons (Fsp3) is 0.940. The molecule has 0 rings (SSSR count). The van der Waals surface area contributed by atoms with Gasteiger partial charge < -0.3 is 14.2 Å². The first-order chi connectivity index (χ1) is 27.4. The van der Waals surface area contributed by atoms with Gasteiger partial charge in [-0.3, -0.25) is 14.4 Å². The van der Waals surface area contributed by atoms with E-state index in [9.17, 15) is 14.4 Å². The van der Waals surface area contributed by atoms with Crippen molar-refractivity contribution in [3.05, 3.63) is 0 Å². The molecule has 0 radical (unpaired) electrons. The van der Waals surface area contributed by atoms with Crippen molar-refractivity contribution < 1.29 is 28.6 Å². The van der Waals surface area contributed by atoms with E-state index < -0.39 is 6.10 Å². The molecule has 0 fully saturated rings. The van der Waals surface area contributed by atoms with Crippen LogP contribution in [0.2, 0.25) is 0 Å². The molecule has 0 aromatic heterocycles.